The number of ether oxygens (including phenoxy) is 2. The van der Waals surface area contributed by atoms with Gasteiger partial charge in [-0.25, -0.2) is 0 Å². The molecule has 24 heavy (non-hydrogen) atoms. The molecule has 1 heterocycles. The van der Waals surface area contributed by atoms with Crippen LogP contribution in [0.25, 0.3) is 0 Å². The van der Waals surface area contributed by atoms with E-state index in [2.05, 4.69) is 6.07 Å². The van der Waals surface area contributed by atoms with Crippen molar-refractivity contribution in [2.75, 3.05) is 13.2 Å². The predicted octanol–water partition coefficient (Wildman–Crippen LogP) is 2.65. The maximum atomic E-state index is 10.5. The van der Waals surface area contributed by atoms with Gasteiger partial charge in [-0.05, 0) is 37.3 Å². The molecule has 3 aliphatic rings. The third kappa shape index (κ3) is 2.53. The summed E-state index contributed by atoms with van der Waals surface area (Å²) in [7, 11) is 0. The van der Waals surface area contributed by atoms with E-state index in [1.54, 1.807) is 0 Å². The Morgan fingerprint density at radius 2 is 2.00 bits per heavy atom. The van der Waals surface area contributed by atoms with E-state index in [9.17, 15) is 10.2 Å². The summed E-state index contributed by atoms with van der Waals surface area (Å²) in [4.78, 5) is 0. The molecule has 1 aliphatic heterocycles. The van der Waals surface area contributed by atoms with Crippen LogP contribution in [0.3, 0.4) is 0 Å². The van der Waals surface area contributed by atoms with Gasteiger partial charge in [0.05, 0.1) is 25.4 Å². The molecule has 5 unspecified atom stereocenters. The summed E-state index contributed by atoms with van der Waals surface area (Å²) >= 11 is 0. The highest BCUT2D eigenvalue weighted by atomic mass is 16.7. The van der Waals surface area contributed by atoms with Gasteiger partial charge in [0.25, 0.3) is 0 Å². The molecule has 1 aromatic rings. The van der Waals surface area contributed by atoms with Gasteiger partial charge >= 0.3 is 0 Å². The van der Waals surface area contributed by atoms with Crippen LogP contribution in [0.2, 0.25) is 0 Å². The minimum absolute atomic E-state index is 0.0776. The first-order chi connectivity index (χ1) is 11.5. The van der Waals surface area contributed by atoms with Gasteiger partial charge in [0.2, 0.25) is 0 Å². The third-order valence-corrected chi connectivity index (χ3v) is 6.07. The zero-order valence-corrected chi connectivity index (χ0v) is 14.3. The molecule has 5 atom stereocenters. The molecule has 1 aromatic carbocycles. The van der Waals surface area contributed by atoms with Crippen molar-refractivity contribution in [3.63, 3.8) is 0 Å². The topological polar surface area (TPSA) is 58.9 Å². The minimum atomic E-state index is -0.634. The van der Waals surface area contributed by atoms with Crippen molar-refractivity contribution >= 4 is 0 Å². The fourth-order valence-electron chi connectivity index (χ4n) is 4.82. The van der Waals surface area contributed by atoms with Gasteiger partial charge < -0.3 is 19.7 Å². The number of hydrogen-bond donors (Lipinski definition) is 2. The van der Waals surface area contributed by atoms with Gasteiger partial charge in [-0.1, -0.05) is 35.9 Å². The van der Waals surface area contributed by atoms with Gasteiger partial charge in [0, 0.05) is 18.3 Å². The van der Waals surface area contributed by atoms with Crippen LogP contribution < -0.4 is 0 Å². The summed E-state index contributed by atoms with van der Waals surface area (Å²) in [6.45, 7) is 5.38. The van der Waals surface area contributed by atoms with E-state index < -0.39 is 11.9 Å². The number of rotatable bonds is 3. The van der Waals surface area contributed by atoms with E-state index in [0.717, 1.165) is 24.0 Å². The van der Waals surface area contributed by atoms with Crippen LogP contribution >= 0.6 is 0 Å². The number of aryl methyl sites for hydroxylation is 2. The van der Waals surface area contributed by atoms with Crippen molar-refractivity contribution in [2.24, 2.45) is 17.8 Å². The predicted molar refractivity (Wildman–Crippen MR) is 90.4 cm³/mol. The van der Waals surface area contributed by atoms with Crippen molar-refractivity contribution in [1.29, 1.82) is 0 Å². The van der Waals surface area contributed by atoms with Gasteiger partial charge in [0.1, 0.15) is 0 Å². The van der Waals surface area contributed by atoms with Gasteiger partial charge in [-0.15, -0.1) is 0 Å². The van der Waals surface area contributed by atoms with Crippen LogP contribution in [-0.4, -0.2) is 35.3 Å². The molecule has 4 nitrogen and oxygen atoms in total. The average molecular weight is 330 g/mol. The van der Waals surface area contributed by atoms with Crippen molar-refractivity contribution in [3.8, 4) is 0 Å². The smallest absolute Gasteiger partial charge is 0.171 e. The first kappa shape index (κ1) is 16.3. The molecule has 0 radical (unpaired) electrons. The summed E-state index contributed by atoms with van der Waals surface area (Å²) in [5, 5.41) is 20.9. The molecule has 4 heteroatoms. The zero-order valence-electron chi connectivity index (χ0n) is 14.3. The van der Waals surface area contributed by atoms with E-state index in [0.29, 0.717) is 19.1 Å². The van der Waals surface area contributed by atoms with E-state index in [1.807, 2.05) is 38.1 Å². The number of aliphatic hydroxyl groups is 2. The lowest BCUT2D eigenvalue weighted by Crippen LogP contribution is -2.53. The standard InChI is InChI=1S/C20H26O4/c1-12-3-4-14(13(2)9-12)18(21)6-5-15-16-11-20(23-7-8-24-20)17(16)10-19(15)22/h3-6,9,15-19,21-22H,7-8,10-11H2,1-2H3. The molecule has 1 spiro atoms. The molecule has 4 rings (SSSR count). The van der Waals surface area contributed by atoms with E-state index in [1.165, 1.54) is 5.56 Å². The molecule has 1 saturated heterocycles. The highest BCUT2D eigenvalue weighted by molar-refractivity contribution is 5.34. The highest BCUT2D eigenvalue weighted by Gasteiger charge is 2.64. The maximum Gasteiger partial charge on any atom is 0.171 e. The molecule has 0 aromatic heterocycles. The number of benzene rings is 1. The molecule has 2 aliphatic carbocycles. The molecular formula is C20H26O4. The van der Waals surface area contributed by atoms with Gasteiger partial charge in [-0.3, -0.25) is 0 Å². The van der Waals surface area contributed by atoms with E-state index in [-0.39, 0.29) is 17.9 Å². The van der Waals surface area contributed by atoms with Crippen molar-refractivity contribution in [3.05, 3.63) is 47.0 Å². The molecule has 3 fully saturated rings. The summed E-state index contributed by atoms with van der Waals surface area (Å²) in [5.74, 6) is 0.317. The quantitative estimate of drug-likeness (QED) is 0.837. The molecule has 2 N–H and O–H groups in total. The second-order valence-corrected chi connectivity index (χ2v) is 7.55. The molecule has 0 bridgehead atoms. The summed E-state index contributed by atoms with van der Waals surface area (Å²) < 4.78 is 11.6. The maximum absolute atomic E-state index is 10.5. The Hall–Kier alpha value is -1.20. The van der Waals surface area contributed by atoms with Crippen LogP contribution in [0, 0.1) is 31.6 Å². The van der Waals surface area contributed by atoms with Crippen LogP contribution in [0.5, 0.6) is 0 Å². The Labute approximate surface area is 143 Å². The van der Waals surface area contributed by atoms with E-state index >= 15 is 0 Å². The van der Waals surface area contributed by atoms with Gasteiger partial charge in [0.15, 0.2) is 5.79 Å². The third-order valence-electron chi connectivity index (χ3n) is 6.07. The first-order valence-electron chi connectivity index (χ1n) is 8.90. The fraction of sp³-hybridized carbons (Fsp3) is 0.600. The number of hydrogen-bond acceptors (Lipinski definition) is 4. The largest absolute Gasteiger partial charge is 0.392 e. The second kappa shape index (κ2) is 5.95. The van der Waals surface area contributed by atoms with Crippen LogP contribution in [0.4, 0.5) is 0 Å². The van der Waals surface area contributed by atoms with Crippen molar-refractivity contribution in [2.45, 2.75) is 44.7 Å². The monoisotopic (exact) mass is 330 g/mol. The average Bonchev–Trinajstić information content (AvgIpc) is 3.11. The summed E-state index contributed by atoms with van der Waals surface area (Å²) in [6.07, 6.45) is 4.39. The lowest BCUT2D eigenvalue weighted by atomic mass is 9.67. The zero-order chi connectivity index (χ0) is 16.9. The number of aliphatic hydroxyl groups excluding tert-OH is 2. The Kier molecular flexibility index (Phi) is 4.04. The second-order valence-electron chi connectivity index (χ2n) is 7.55. The lowest BCUT2D eigenvalue weighted by molar-refractivity contribution is -0.270. The van der Waals surface area contributed by atoms with Crippen LogP contribution in [0.1, 0.15) is 35.6 Å². The summed E-state index contributed by atoms with van der Waals surface area (Å²) in [6, 6.07) is 6.08. The van der Waals surface area contributed by atoms with Crippen LogP contribution in [0.15, 0.2) is 30.4 Å². The Morgan fingerprint density at radius 1 is 1.25 bits per heavy atom. The number of fused-ring (bicyclic) bond motifs is 2. The molecule has 130 valence electrons. The van der Waals surface area contributed by atoms with Crippen molar-refractivity contribution in [1.82, 2.24) is 0 Å². The highest BCUT2D eigenvalue weighted by Crippen LogP contribution is 2.60. The normalized spacial score (nSPS) is 35.3. The Balaban J connectivity index is 1.46. The Morgan fingerprint density at radius 3 is 2.71 bits per heavy atom. The van der Waals surface area contributed by atoms with Crippen molar-refractivity contribution < 1.29 is 19.7 Å². The molecule has 0 amide bonds. The lowest BCUT2D eigenvalue weighted by Gasteiger charge is -2.49. The fourth-order valence-corrected chi connectivity index (χ4v) is 4.82. The first-order valence-corrected chi connectivity index (χ1v) is 8.90. The summed E-state index contributed by atoms with van der Waals surface area (Å²) in [5.41, 5.74) is 3.21. The van der Waals surface area contributed by atoms with Crippen LogP contribution in [-0.2, 0) is 9.47 Å². The van der Waals surface area contributed by atoms with Gasteiger partial charge in [-0.2, -0.15) is 0 Å². The Bertz CT molecular complexity index is 647. The minimum Gasteiger partial charge on any atom is -0.392 e. The molecular weight excluding hydrogens is 304 g/mol. The SMILES string of the molecule is Cc1ccc(C(O)C=CC2C(O)CC3C2CC32OCCO2)c(C)c1. The molecule has 2 saturated carbocycles. The van der Waals surface area contributed by atoms with E-state index in [4.69, 9.17) is 9.47 Å².